The van der Waals surface area contributed by atoms with Crippen molar-refractivity contribution in [2.75, 3.05) is 11.1 Å². The van der Waals surface area contributed by atoms with Crippen LogP contribution in [0, 0.1) is 13.8 Å². The van der Waals surface area contributed by atoms with Gasteiger partial charge in [-0.2, -0.15) is 0 Å². The molecular weight excluding hydrogens is 216 g/mol. The van der Waals surface area contributed by atoms with Crippen molar-refractivity contribution in [1.29, 1.82) is 0 Å². The Morgan fingerprint density at radius 2 is 2.06 bits per heavy atom. The molecule has 0 aliphatic rings. The van der Waals surface area contributed by atoms with E-state index < -0.39 is 0 Å². The summed E-state index contributed by atoms with van der Waals surface area (Å²) in [5.74, 6) is 0.523. The first-order chi connectivity index (χ1) is 8.06. The molecule has 2 rings (SSSR count). The molecule has 0 fully saturated rings. The van der Waals surface area contributed by atoms with Gasteiger partial charge in [0.15, 0.2) is 0 Å². The first-order valence-electron chi connectivity index (χ1n) is 5.29. The van der Waals surface area contributed by atoms with Crippen LogP contribution < -0.4 is 11.1 Å². The monoisotopic (exact) mass is 230 g/mol. The largest absolute Gasteiger partial charge is 0.469 e. The van der Waals surface area contributed by atoms with E-state index in [4.69, 9.17) is 10.2 Å². The van der Waals surface area contributed by atoms with Gasteiger partial charge in [-0.15, -0.1) is 0 Å². The van der Waals surface area contributed by atoms with Gasteiger partial charge in [0.25, 0.3) is 5.91 Å². The van der Waals surface area contributed by atoms with Gasteiger partial charge < -0.3 is 15.5 Å². The highest BCUT2D eigenvalue weighted by molar-refractivity contribution is 6.04. The molecule has 0 unspecified atom stereocenters. The van der Waals surface area contributed by atoms with Gasteiger partial charge in [0.1, 0.15) is 12.0 Å². The number of anilines is 2. The van der Waals surface area contributed by atoms with Crippen LogP contribution >= 0.6 is 0 Å². The van der Waals surface area contributed by atoms with Crippen molar-refractivity contribution in [3.05, 3.63) is 47.4 Å². The summed E-state index contributed by atoms with van der Waals surface area (Å²) in [6.07, 6.45) is 1.44. The lowest BCUT2D eigenvalue weighted by molar-refractivity contribution is 0.102. The van der Waals surface area contributed by atoms with Crippen LogP contribution in [0.5, 0.6) is 0 Å². The summed E-state index contributed by atoms with van der Waals surface area (Å²) in [6.45, 7) is 3.69. The molecule has 0 spiro atoms. The normalized spacial score (nSPS) is 10.2. The third-order valence-corrected chi connectivity index (χ3v) is 2.52. The third-order valence-electron chi connectivity index (χ3n) is 2.52. The minimum Gasteiger partial charge on any atom is -0.469 e. The van der Waals surface area contributed by atoms with Gasteiger partial charge >= 0.3 is 0 Å². The van der Waals surface area contributed by atoms with Gasteiger partial charge in [-0.1, -0.05) is 0 Å². The zero-order valence-corrected chi connectivity index (χ0v) is 9.78. The van der Waals surface area contributed by atoms with Crippen molar-refractivity contribution in [2.24, 2.45) is 0 Å². The van der Waals surface area contributed by atoms with E-state index in [1.54, 1.807) is 25.1 Å². The lowest BCUT2D eigenvalue weighted by Gasteiger charge is -2.06. The lowest BCUT2D eigenvalue weighted by Crippen LogP contribution is -2.11. The first kappa shape index (κ1) is 11.3. The average molecular weight is 230 g/mol. The van der Waals surface area contributed by atoms with Crippen LogP contribution in [0.1, 0.15) is 21.7 Å². The Labute approximate surface area is 99.4 Å². The van der Waals surface area contributed by atoms with E-state index in [2.05, 4.69) is 5.32 Å². The highest BCUT2D eigenvalue weighted by Gasteiger charge is 2.09. The molecular formula is C13H14N2O2. The average Bonchev–Trinajstić information content (AvgIpc) is 2.70. The summed E-state index contributed by atoms with van der Waals surface area (Å²) in [7, 11) is 0. The predicted molar refractivity (Wildman–Crippen MR) is 67.0 cm³/mol. The Balaban J connectivity index is 2.15. The second-order valence-corrected chi connectivity index (χ2v) is 3.97. The van der Waals surface area contributed by atoms with Gasteiger partial charge in [-0.05, 0) is 43.7 Å². The maximum absolute atomic E-state index is 11.8. The van der Waals surface area contributed by atoms with Gasteiger partial charge in [-0.25, -0.2) is 0 Å². The predicted octanol–water partition coefficient (Wildman–Crippen LogP) is 2.73. The highest BCUT2D eigenvalue weighted by atomic mass is 16.3. The Morgan fingerprint density at radius 1 is 1.29 bits per heavy atom. The fourth-order valence-electron chi connectivity index (χ4n) is 1.52. The maximum atomic E-state index is 11.8. The first-order valence-corrected chi connectivity index (χ1v) is 5.29. The molecule has 4 heteroatoms. The van der Waals surface area contributed by atoms with E-state index in [0.717, 1.165) is 11.3 Å². The summed E-state index contributed by atoms with van der Waals surface area (Å²) in [5, 5.41) is 2.79. The minimum atomic E-state index is -0.189. The number of carbonyl (C=O) groups excluding carboxylic acids is 1. The molecule has 0 radical (unpaired) electrons. The molecule has 4 nitrogen and oxygen atoms in total. The number of nitrogen functional groups attached to an aromatic ring is 1. The number of amides is 1. The van der Waals surface area contributed by atoms with Gasteiger partial charge in [0, 0.05) is 11.4 Å². The summed E-state index contributed by atoms with van der Waals surface area (Å²) < 4.78 is 5.09. The molecule has 17 heavy (non-hydrogen) atoms. The topological polar surface area (TPSA) is 68.3 Å². The smallest absolute Gasteiger partial charge is 0.258 e. The summed E-state index contributed by atoms with van der Waals surface area (Å²) in [5.41, 5.74) is 8.59. The zero-order chi connectivity index (χ0) is 12.4. The zero-order valence-electron chi connectivity index (χ0n) is 9.78. The number of rotatable bonds is 2. The summed E-state index contributed by atoms with van der Waals surface area (Å²) in [6, 6.07) is 7.07. The fraction of sp³-hybridized carbons (Fsp3) is 0.154. The molecule has 0 aliphatic heterocycles. The van der Waals surface area contributed by atoms with Crippen LogP contribution in [0.3, 0.4) is 0 Å². The molecule has 1 aromatic carbocycles. The van der Waals surface area contributed by atoms with E-state index >= 15 is 0 Å². The third kappa shape index (κ3) is 2.47. The maximum Gasteiger partial charge on any atom is 0.258 e. The van der Waals surface area contributed by atoms with Crippen molar-refractivity contribution >= 4 is 17.3 Å². The molecule has 3 N–H and O–H groups in total. The Hall–Kier alpha value is -2.23. The molecule has 2 aromatic rings. The van der Waals surface area contributed by atoms with Crippen LogP contribution in [0.15, 0.2) is 34.9 Å². The van der Waals surface area contributed by atoms with E-state index in [0.29, 0.717) is 17.0 Å². The number of aryl methyl sites for hydroxylation is 2. The minimum absolute atomic E-state index is 0.189. The van der Waals surface area contributed by atoms with Crippen molar-refractivity contribution < 1.29 is 9.21 Å². The Kier molecular flexibility index (Phi) is 2.87. The Morgan fingerprint density at radius 3 is 2.65 bits per heavy atom. The van der Waals surface area contributed by atoms with Crippen molar-refractivity contribution in [3.8, 4) is 0 Å². The van der Waals surface area contributed by atoms with Crippen molar-refractivity contribution in [2.45, 2.75) is 13.8 Å². The SMILES string of the molecule is Cc1cc(C(=O)Nc2ccc(N)c(C)c2)co1. The van der Waals surface area contributed by atoms with Crippen molar-refractivity contribution in [3.63, 3.8) is 0 Å². The number of furan rings is 1. The number of carbonyl (C=O) groups is 1. The highest BCUT2D eigenvalue weighted by Crippen LogP contribution is 2.17. The second kappa shape index (κ2) is 4.33. The molecule has 0 bridgehead atoms. The molecule has 0 atom stereocenters. The molecule has 0 saturated carbocycles. The summed E-state index contributed by atoms with van der Waals surface area (Å²) in [4.78, 5) is 11.8. The van der Waals surface area contributed by atoms with E-state index in [-0.39, 0.29) is 5.91 Å². The molecule has 88 valence electrons. The number of nitrogens with two attached hydrogens (primary N) is 1. The van der Waals surface area contributed by atoms with Crippen LogP contribution in [0.2, 0.25) is 0 Å². The lowest BCUT2D eigenvalue weighted by atomic mass is 10.2. The van der Waals surface area contributed by atoms with E-state index in [1.807, 2.05) is 13.0 Å². The number of hydrogen-bond donors (Lipinski definition) is 2. The van der Waals surface area contributed by atoms with Gasteiger partial charge in [-0.3, -0.25) is 4.79 Å². The summed E-state index contributed by atoms with van der Waals surface area (Å²) >= 11 is 0. The molecule has 1 amide bonds. The number of benzene rings is 1. The van der Waals surface area contributed by atoms with Crippen LogP contribution in [-0.4, -0.2) is 5.91 Å². The fourth-order valence-corrected chi connectivity index (χ4v) is 1.52. The van der Waals surface area contributed by atoms with E-state index in [1.165, 1.54) is 6.26 Å². The second-order valence-electron chi connectivity index (χ2n) is 3.97. The van der Waals surface area contributed by atoms with Gasteiger partial charge in [0.05, 0.1) is 5.56 Å². The van der Waals surface area contributed by atoms with Crippen LogP contribution in [-0.2, 0) is 0 Å². The quantitative estimate of drug-likeness (QED) is 0.779. The van der Waals surface area contributed by atoms with Crippen LogP contribution in [0.25, 0.3) is 0 Å². The van der Waals surface area contributed by atoms with Crippen LogP contribution in [0.4, 0.5) is 11.4 Å². The van der Waals surface area contributed by atoms with Gasteiger partial charge in [0.2, 0.25) is 0 Å². The molecule has 0 aliphatic carbocycles. The number of nitrogens with one attached hydrogen (secondary N) is 1. The number of hydrogen-bond acceptors (Lipinski definition) is 3. The molecule has 1 heterocycles. The Bertz CT molecular complexity index is 558. The van der Waals surface area contributed by atoms with E-state index in [9.17, 15) is 4.79 Å². The molecule has 1 aromatic heterocycles. The van der Waals surface area contributed by atoms with Crippen molar-refractivity contribution in [1.82, 2.24) is 0 Å². The standard InChI is InChI=1S/C13H14N2O2/c1-8-5-11(3-4-12(8)14)15-13(16)10-6-9(2)17-7-10/h3-7H,14H2,1-2H3,(H,15,16). The molecule has 0 saturated heterocycles.